The number of ether oxygens (including phenoxy) is 1. The van der Waals surface area contributed by atoms with E-state index >= 15 is 0 Å². The van der Waals surface area contributed by atoms with Crippen LogP contribution in [0.2, 0.25) is 0 Å². The number of primary sulfonamides is 1. The van der Waals surface area contributed by atoms with E-state index in [1.165, 1.54) is 6.07 Å². The van der Waals surface area contributed by atoms with E-state index in [2.05, 4.69) is 5.32 Å². The predicted molar refractivity (Wildman–Crippen MR) is 104 cm³/mol. The number of hydrogen-bond acceptors (Lipinski definition) is 5. The molecule has 138 valence electrons. The van der Waals surface area contributed by atoms with Crippen LogP contribution < -0.4 is 15.2 Å². The molecule has 0 saturated carbocycles. The lowest BCUT2D eigenvalue weighted by atomic mass is 9.59. The van der Waals surface area contributed by atoms with E-state index in [0.29, 0.717) is 18.6 Å². The van der Waals surface area contributed by atoms with Crippen molar-refractivity contribution < 1.29 is 23.1 Å². The van der Waals surface area contributed by atoms with Gasteiger partial charge >= 0.3 is 5.97 Å². The molecule has 0 aromatic heterocycles. The summed E-state index contributed by atoms with van der Waals surface area (Å²) in [6, 6.07) is 10.5. The molecule has 0 atom stereocenters. The second kappa shape index (κ2) is 8.06. The molecule has 4 N–H and O–H groups in total. The van der Waals surface area contributed by atoms with Gasteiger partial charge in [0, 0.05) is 0 Å². The number of carboxylic acid groups (broad SMARTS) is 1. The minimum atomic E-state index is -4.31. The molecule has 0 unspecified atom stereocenters. The maximum absolute atomic E-state index is 12.1. The molecular formula is C17H18B2N2O5S. The van der Waals surface area contributed by atoms with Crippen LogP contribution in [0.5, 0.6) is 11.5 Å². The summed E-state index contributed by atoms with van der Waals surface area (Å²) in [6.45, 7) is 1.86. The standard InChI is InChI=1S/C17H18B2N2O5S/c1-2-8-17(18,19)21-13-9-11(16(22)23)10-14(27(20,24)25)15(13)26-12-6-4-3-5-7-12/h3-7,9-10,21H,2,8H2,1H3,(H,22,23)(H2,20,24,25). The fourth-order valence-electron chi connectivity index (χ4n) is 2.47. The Bertz CT molecular complexity index is 934. The molecule has 10 heteroatoms. The number of carbonyl (C=O) groups is 1. The summed E-state index contributed by atoms with van der Waals surface area (Å²) in [5, 5.41) is 15.9. The Morgan fingerprint density at radius 2 is 1.89 bits per heavy atom. The van der Waals surface area contributed by atoms with Gasteiger partial charge in [0.25, 0.3) is 0 Å². The average Bonchev–Trinajstić information content (AvgIpc) is 2.55. The highest BCUT2D eigenvalue weighted by molar-refractivity contribution is 7.89. The maximum Gasteiger partial charge on any atom is 0.335 e. The van der Waals surface area contributed by atoms with Gasteiger partial charge in [-0.1, -0.05) is 31.5 Å². The van der Waals surface area contributed by atoms with Crippen molar-refractivity contribution in [2.75, 3.05) is 5.32 Å². The summed E-state index contributed by atoms with van der Waals surface area (Å²) in [4.78, 5) is 10.9. The van der Waals surface area contributed by atoms with E-state index in [9.17, 15) is 18.3 Å². The molecule has 0 aliphatic rings. The Hall–Kier alpha value is -2.45. The number of hydrogen-bond donors (Lipinski definition) is 3. The number of benzene rings is 2. The molecular weight excluding hydrogens is 366 g/mol. The molecule has 0 heterocycles. The van der Waals surface area contributed by atoms with Crippen LogP contribution in [0.25, 0.3) is 0 Å². The Morgan fingerprint density at radius 1 is 1.26 bits per heavy atom. The van der Waals surface area contributed by atoms with E-state index in [1.54, 1.807) is 30.3 Å². The maximum atomic E-state index is 12.1. The summed E-state index contributed by atoms with van der Waals surface area (Å²) < 4.78 is 29.9. The molecule has 0 aliphatic heterocycles. The zero-order valence-electron chi connectivity index (χ0n) is 14.7. The van der Waals surface area contributed by atoms with Gasteiger partial charge in [0.05, 0.1) is 26.9 Å². The Labute approximate surface area is 160 Å². The molecule has 0 amide bonds. The van der Waals surface area contributed by atoms with Crippen LogP contribution in [0.4, 0.5) is 5.69 Å². The van der Waals surface area contributed by atoms with Crippen molar-refractivity contribution in [1.82, 2.24) is 0 Å². The molecule has 27 heavy (non-hydrogen) atoms. The SMILES string of the molecule is [B]C([B])(CCC)Nc1cc(C(=O)O)cc(S(N)(=O)=O)c1Oc1ccccc1. The molecule has 2 aromatic carbocycles. The number of para-hydroxylation sites is 1. The van der Waals surface area contributed by atoms with Gasteiger partial charge in [0.2, 0.25) is 10.0 Å². The molecule has 0 fully saturated rings. The van der Waals surface area contributed by atoms with Gasteiger partial charge in [-0.3, -0.25) is 0 Å². The Morgan fingerprint density at radius 3 is 2.41 bits per heavy atom. The minimum absolute atomic E-state index is 0.00114. The Kier molecular flexibility index (Phi) is 6.22. The second-order valence-electron chi connectivity index (χ2n) is 6.03. The zero-order valence-corrected chi connectivity index (χ0v) is 15.5. The van der Waals surface area contributed by atoms with Crippen LogP contribution in [0.3, 0.4) is 0 Å². The van der Waals surface area contributed by atoms with Crippen molar-refractivity contribution in [2.24, 2.45) is 5.14 Å². The van der Waals surface area contributed by atoms with Crippen LogP contribution in [0, 0.1) is 0 Å². The van der Waals surface area contributed by atoms with E-state index in [-0.39, 0.29) is 17.0 Å². The highest BCUT2D eigenvalue weighted by Gasteiger charge is 2.26. The van der Waals surface area contributed by atoms with Crippen molar-refractivity contribution in [3.05, 3.63) is 48.0 Å². The number of anilines is 1. The molecule has 7 nitrogen and oxygen atoms in total. The average molecular weight is 384 g/mol. The lowest BCUT2D eigenvalue weighted by Gasteiger charge is -2.30. The fraction of sp³-hybridized carbons (Fsp3) is 0.235. The van der Waals surface area contributed by atoms with Gasteiger partial charge in [0.1, 0.15) is 10.6 Å². The Balaban J connectivity index is 2.69. The number of carboxylic acids is 1. The van der Waals surface area contributed by atoms with Crippen LogP contribution in [0.1, 0.15) is 30.1 Å². The van der Waals surface area contributed by atoms with E-state index in [4.69, 9.17) is 25.6 Å². The fourth-order valence-corrected chi connectivity index (χ4v) is 3.17. The lowest BCUT2D eigenvalue weighted by Crippen LogP contribution is -2.39. The predicted octanol–water partition coefficient (Wildman–Crippen LogP) is 2.03. The van der Waals surface area contributed by atoms with Crippen molar-refractivity contribution in [3.8, 4) is 11.5 Å². The molecule has 4 radical (unpaired) electrons. The number of sulfonamides is 1. The molecule has 0 spiro atoms. The second-order valence-corrected chi connectivity index (χ2v) is 7.56. The van der Waals surface area contributed by atoms with Gasteiger partial charge in [-0.25, -0.2) is 18.4 Å². The number of rotatable bonds is 8. The van der Waals surface area contributed by atoms with Gasteiger partial charge in [-0.15, -0.1) is 0 Å². The first-order valence-electron chi connectivity index (χ1n) is 8.06. The topological polar surface area (TPSA) is 119 Å². The monoisotopic (exact) mass is 384 g/mol. The largest absolute Gasteiger partial charge is 0.478 e. The molecule has 2 rings (SSSR count). The molecule has 0 aliphatic carbocycles. The summed E-state index contributed by atoms with van der Waals surface area (Å²) in [6.07, 6.45) is 0.968. The molecule has 0 saturated heterocycles. The quantitative estimate of drug-likeness (QED) is 0.600. The van der Waals surface area contributed by atoms with Crippen LogP contribution >= 0.6 is 0 Å². The normalized spacial score (nSPS) is 11.8. The number of nitrogens with two attached hydrogens (primary N) is 1. The first kappa shape index (κ1) is 20.9. The number of aromatic carboxylic acids is 1. The molecule has 0 bridgehead atoms. The van der Waals surface area contributed by atoms with Crippen LogP contribution in [-0.4, -0.2) is 40.5 Å². The highest BCUT2D eigenvalue weighted by Crippen LogP contribution is 2.38. The summed E-state index contributed by atoms with van der Waals surface area (Å²) in [7, 11) is 7.67. The van der Waals surface area contributed by atoms with E-state index in [0.717, 1.165) is 6.07 Å². The lowest BCUT2D eigenvalue weighted by molar-refractivity contribution is 0.0696. The van der Waals surface area contributed by atoms with Crippen molar-refractivity contribution in [1.29, 1.82) is 0 Å². The van der Waals surface area contributed by atoms with Crippen molar-refractivity contribution in [2.45, 2.75) is 30.0 Å². The van der Waals surface area contributed by atoms with Crippen LogP contribution in [-0.2, 0) is 10.0 Å². The highest BCUT2D eigenvalue weighted by atomic mass is 32.2. The van der Waals surface area contributed by atoms with Gasteiger partial charge in [-0.05, 0) is 36.0 Å². The third kappa shape index (κ3) is 5.51. The van der Waals surface area contributed by atoms with Crippen LogP contribution in [0.15, 0.2) is 47.4 Å². The first-order valence-corrected chi connectivity index (χ1v) is 9.61. The van der Waals surface area contributed by atoms with Crippen molar-refractivity contribution in [3.63, 3.8) is 0 Å². The summed E-state index contributed by atoms with van der Waals surface area (Å²) in [5.74, 6) is -1.21. The minimum Gasteiger partial charge on any atom is -0.478 e. The summed E-state index contributed by atoms with van der Waals surface area (Å²) >= 11 is 0. The number of nitrogens with one attached hydrogen (secondary N) is 1. The third-order valence-corrected chi connectivity index (χ3v) is 4.52. The first-order chi connectivity index (χ1) is 12.5. The summed E-state index contributed by atoms with van der Waals surface area (Å²) in [5.41, 5.74) is -0.310. The van der Waals surface area contributed by atoms with Crippen molar-refractivity contribution >= 4 is 37.4 Å². The van der Waals surface area contributed by atoms with Gasteiger partial charge in [-0.2, -0.15) is 0 Å². The van der Waals surface area contributed by atoms with E-state index in [1.807, 2.05) is 6.92 Å². The smallest absolute Gasteiger partial charge is 0.335 e. The van der Waals surface area contributed by atoms with E-state index < -0.39 is 26.2 Å². The molecule has 2 aromatic rings. The zero-order chi connectivity index (χ0) is 20.2. The van der Waals surface area contributed by atoms with Gasteiger partial charge in [0.15, 0.2) is 5.75 Å². The van der Waals surface area contributed by atoms with Gasteiger partial charge < -0.3 is 15.2 Å². The third-order valence-electron chi connectivity index (χ3n) is 3.60.